The molecule has 2 heterocycles. The maximum Gasteiger partial charge on any atom is 0.354 e. The van der Waals surface area contributed by atoms with Crippen LogP contribution in [-0.2, 0) is 29.7 Å². The predicted octanol–water partition coefficient (Wildman–Crippen LogP) is 3.69. The summed E-state index contributed by atoms with van der Waals surface area (Å²) in [4.78, 5) is 14.2. The van der Waals surface area contributed by atoms with E-state index < -0.39 is 0 Å². The zero-order valence-corrected chi connectivity index (χ0v) is 13.8. The van der Waals surface area contributed by atoms with Crippen LogP contribution in [-0.4, -0.2) is 17.1 Å². The maximum atomic E-state index is 12.0. The lowest BCUT2D eigenvalue weighted by Gasteiger charge is -2.05. The molecule has 1 aliphatic heterocycles. The second-order valence-corrected chi connectivity index (χ2v) is 6.40. The highest BCUT2D eigenvalue weighted by atomic mass is 32.2. The van der Waals surface area contributed by atoms with Gasteiger partial charge in [-0.2, -0.15) is 0 Å². The molecule has 1 aliphatic rings. The number of hydrogen-bond acceptors (Lipinski definition) is 4. The van der Waals surface area contributed by atoms with Crippen molar-refractivity contribution in [3.8, 4) is 0 Å². The summed E-state index contributed by atoms with van der Waals surface area (Å²) < 4.78 is 12.4. The first-order valence-electron chi connectivity index (χ1n) is 7.31. The Hall–Kier alpha value is -1.72. The van der Waals surface area contributed by atoms with Gasteiger partial charge in [0.1, 0.15) is 5.69 Å². The summed E-state index contributed by atoms with van der Waals surface area (Å²) in [6.07, 6.45) is 0. The topological polar surface area (TPSA) is 40.5 Å². The molecule has 0 bridgehead atoms. The van der Waals surface area contributed by atoms with E-state index in [0.29, 0.717) is 25.5 Å². The van der Waals surface area contributed by atoms with Crippen LogP contribution in [0.3, 0.4) is 0 Å². The third kappa shape index (κ3) is 2.78. The summed E-state index contributed by atoms with van der Waals surface area (Å²) >= 11 is 1.67. The van der Waals surface area contributed by atoms with Crippen LogP contribution in [0.15, 0.2) is 34.1 Å². The van der Waals surface area contributed by atoms with Crippen LogP contribution in [0.1, 0.15) is 34.2 Å². The number of benzene rings is 1. The lowest BCUT2D eigenvalue weighted by Crippen LogP contribution is -2.10. The minimum absolute atomic E-state index is 0.276. The van der Waals surface area contributed by atoms with Gasteiger partial charge in [-0.25, -0.2) is 4.79 Å². The molecular formula is C17H19NO3S. The number of hydrogen-bond donors (Lipinski definition) is 0. The minimum Gasteiger partial charge on any atom is -0.461 e. The highest BCUT2D eigenvalue weighted by Crippen LogP contribution is 2.34. The summed E-state index contributed by atoms with van der Waals surface area (Å²) in [5.74, 6) is -0.276. The average molecular weight is 317 g/mol. The molecule has 1 aromatic carbocycles. The van der Waals surface area contributed by atoms with Crippen molar-refractivity contribution in [2.75, 3.05) is 6.61 Å². The van der Waals surface area contributed by atoms with E-state index >= 15 is 0 Å². The molecule has 0 saturated carbocycles. The van der Waals surface area contributed by atoms with E-state index in [1.165, 1.54) is 11.1 Å². The van der Waals surface area contributed by atoms with Gasteiger partial charge in [0.2, 0.25) is 0 Å². The van der Waals surface area contributed by atoms with Crippen molar-refractivity contribution >= 4 is 17.7 Å². The van der Waals surface area contributed by atoms with Gasteiger partial charge in [-0.15, -0.1) is 0 Å². The molecule has 116 valence electrons. The van der Waals surface area contributed by atoms with Crippen LogP contribution in [0, 0.1) is 6.92 Å². The van der Waals surface area contributed by atoms with Crippen LogP contribution in [0.5, 0.6) is 0 Å². The fourth-order valence-corrected chi connectivity index (χ4v) is 3.56. The van der Waals surface area contributed by atoms with E-state index in [1.54, 1.807) is 11.8 Å². The number of carbonyl (C=O) groups is 1. The molecule has 3 rings (SSSR count). The quantitative estimate of drug-likeness (QED) is 0.806. The van der Waals surface area contributed by atoms with Crippen LogP contribution < -0.4 is 0 Å². The third-order valence-corrected chi connectivity index (χ3v) is 5.02. The number of rotatable bonds is 4. The summed E-state index contributed by atoms with van der Waals surface area (Å²) in [7, 11) is 1.89. The van der Waals surface area contributed by atoms with Crippen LogP contribution in [0.25, 0.3) is 0 Å². The molecule has 2 aromatic rings. The van der Waals surface area contributed by atoms with E-state index in [2.05, 4.69) is 18.2 Å². The fraction of sp³-hybridized carbons (Fsp3) is 0.353. The van der Waals surface area contributed by atoms with Gasteiger partial charge in [0, 0.05) is 22.5 Å². The molecule has 1 aromatic heterocycles. The number of ether oxygens (including phenoxy) is 2. The molecule has 22 heavy (non-hydrogen) atoms. The molecule has 0 spiro atoms. The SMILES string of the molecule is CCOC(=O)c1cc(Sc2ccc3c(c2)COC3)c(C)n1C. The molecule has 0 fully saturated rings. The van der Waals surface area contributed by atoms with E-state index in [4.69, 9.17) is 9.47 Å². The van der Waals surface area contributed by atoms with Crippen LogP contribution in [0.4, 0.5) is 0 Å². The molecule has 0 saturated heterocycles. The van der Waals surface area contributed by atoms with Crippen molar-refractivity contribution < 1.29 is 14.3 Å². The van der Waals surface area contributed by atoms with Gasteiger partial charge in [0.05, 0.1) is 19.8 Å². The zero-order valence-electron chi connectivity index (χ0n) is 13.0. The number of aromatic nitrogens is 1. The van der Waals surface area contributed by atoms with Gasteiger partial charge >= 0.3 is 5.97 Å². The minimum atomic E-state index is -0.276. The lowest BCUT2D eigenvalue weighted by molar-refractivity contribution is 0.0515. The lowest BCUT2D eigenvalue weighted by atomic mass is 10.1. The number of carbonyl (C=O) groups excluding carboxylic acids is 1. The summed E-state index contributed by atoms with van der Waals surface area (Å²) in [5, 5.41) is 0. The van der Waals surface area contributed by atoms with E-state index in [-0.39, 0.29) is 5.97 Å². The van der Waals surface area contributed by atoms with Crippen molar-refractivity contribution in [3.05, 3.63) is 46.8 Å². The second kappa shape index (κ2) is 6.18. The van der Waals surface area contributed by atoms with Gasteiger partial charge in [0.25, 0.3) is 0 Å². The predicted molar refractivity (Wildman–Crippen MR) is 85.2 cm³/mol. The zero-order chi connectivity index (χ0) is 15.7. The number of nitrogens with zero attached hydrogens (tertiary/aromatic N) is 1. The van der Waals surface area contributed by atoms with Crippen LogP contribution >= 0.6 is 11.8 Å². The number of esters is 1. The number of fused-ring (bicyclic) bond motifs is 1. The van der Waals surface area contributed by atoms with E-state index in [9.17, 15) is 4.79 Å². The fourth-order valence-electron chi connectivity index (χ4n) is 2.51. The first kappa shape index (κ1) is 15.2. The van der Waals surface area contributed by atoms with Gasteiger partial charge in [-0.3, -0.25) is 0 Å². The molecule has 0 N–H and O–H groups in total. The molecule has 0 aliphatic carbocycles. The second-order valence-electron chi connectivity index (χ2n) is 5.28. The Morgan fingerprint density at radius 1 is 1.32 bits per heavy atom. The van der Waals surface area contributed by atoms with Crippen molar-refractivity contribution in [1.29, 1.82) is 0 Å². The highest BCUT2D eigenvalue weighted by Gasteiger charge is 2.18. The molecule has 0 atom stereocenters. The largest absolute Gasteiger partial charge is 0.461 e. The first-order valence-corrected chi connectivity index (χ1v) is 8.12. The highest BCUT2D eigenvalue weighted by molar-refractivity contribution is 7.99. The molecule has 0 unspecified atom stereocenters. The van der Waals surface area contributed by atoms with E-state index in [1.807, 2.05) is 31.5 Å². The Bertz CT molecular complexity index is 721. The van der Waals surface area contributed by atoms with Crippen molar-refractivity contribution in [3.63, 3.8) is 0 Å². The van der Waals surface area contributed by atoms with Gasteiger partial charge in [-0.05, 0) is 43.2 Å². The van der Waals surface area contributed by atoms with Gasteiger partial charge in [0.15, 0.2) is 0 Å². The average Bonchev–Trinajstić information content (AvgIpc) is 3.07. The van der Waals surface area contributed by atoms with Gasteiger partial charge in [-0.1, -0.05) is 17.8 Å². The van der Waals surface area contributed by atoms with Crippen molar-refractivity contribution in [2.45, 2.75) is 36.9 Å². The summed E-state index contributed by atoms with van der Waals surface area (Å²) in [6, 6.07) is 8.30. The summed E-state index contributed by atoms with van der Waals surface area (Å²) in [6.45, 7) is 5.61. The molecule has 0 radical (unpaired) electrons. The monoisotopic (exact) mass is 317 g/mol. The standard InChI is InChI=1S/C17H19NO3S/c1-4-21-17(19)15-8-16(11(2)18(15)3)22-14-6-5-12-9-20-10-13(12)7-14/h5-8H,4,9-10H2,1-3H3. The molecule has 0 amide bonds. The Balaban J connectivity index is 1.86. The third-order valence-electron chi connectivity index (χ3n) is 3.89. The summed E-state index contributed by atoms with van der Waals surface area (Å²) in [5.41, 5.74) is 4.17. The van der Waals surface area contributed by atoms with Crippen LogP contribution in [0.2, 0.25) is 0 Å². The maximum absolute atomic E-state index is 12.0. The Morgan fingerprint density at radius 3 is 2.86 bits per heavy atom. The first-order chi connectivity index (χ1) is 10.6. The molecule has 5 heteroatoms. The Kier molecular flexibility index (Phi) is 4.27. The molecule has 4 nitrogen and oxygen atoms in total. The molecular weight excluding hydrogens is 298 g/mol. The van der Waals surface area contributed by atoms with Gasteiger partial charge < -0.3 is 14.0 Å². The van der Waals surface area contributed by atoms with E-state index in [0.717, 1.165) is 15.5 Å². The van der Waals surface area contributed by atoms with Crippen molar-refractivity contribution in [1.82, 2.24) is 4.57 Å². The normalized spacial score (nSPS) is 13.2. The van der Waals surface area contributed by atoms with Crippen molar-refractivity contribution in [2.24, 2.45) is 7.05 Å². The smallest absolute Gasteiger partial charge is 0.354 e. The Morgan fingerprint density at radius 2 is 2.09 bits per heavy atom. The Labute approximate surface area is 134 Å².